The average Bonchev–Trinajstić information content (AvgIpc) is 2.18. The van der Waals surface area contributed by atoms with Gasteiger partial charge in [0.2, 0.25) is 0 Å². The van der Waals surface area contributed by atoms with Crippen molar-refractivity contribution in [1.29, 1.82) is 0 Å². The van der Waals surface area contributed by atoms with Crippen LogP contribution in [0.25, 0.3) is 0 Å². The van der Waals surface area contributed by atoms with Crippen LogP contribution in [-0.2, 0) is 0 Å². The van der Waals surface area contributed by atoms with E-state index >= 15 is 0 Å². The van der Waals surface area contributed by atoms with Gasteiger partial charge in [-0.2, -0.15) is 0 Å². The predicted octanol–water partition coefficient (Wildman–Crippen LogP) is 2.38. The lowest BCUT2D eigenvalue weighted by atomic mass is 10.3. The van der Waals surface area contributed by atoms with Gasteiger partial charge in [0, 0.05) is 5.69 Å². The van der Waals surface area contributed by atoms with Gasteiger partial charge in [-0.1, -0.05) is 29.8 Å². The van der Waals surface area contributed by atoms with E-state index in [0.29, 0.717) is 12.5 Å². The summed E-state index contributed by atoms with van der Waals surface area (Å²) in [6.45, 7) is 4.70. The third kappa shape index (κ3) is 4.86. The fourth-order valence-corrected chi connectivity index (χ4v) is 1.04. The molecule has 0 saturated heterocycles. The molecule has 0 unspecified atom stereocenters. The minimum atomic E-state index is 0.443. The predicted molar refractivity (Wildman–Crippen MR) is 66.0 cm³/mol. The van der Waals surface area contributed by atoms with E-state index < -0.39 is 0 Å². The van der Waals surface area contributed by atoms with Gasteiger partial charge in [0.05, 0.1) is 6.54 Å². The lowest BCUT2D eigenvalue weighted by molar-refractivity contribution is 1.18. The van der Waals surface area contributed by atoms with E-state index in [4.69, 9.17) is 5.73 Å². The molecule has 0 saturated carbocycles. The van der Waals surface area contributed by atoms with E-state index in [1.54, 1.807) is 0 Å². The Bertz CT molecular complexity index is 348. The molecular formula is C12H17N3. The molecule has 3 N–H and O–H groups in total. The molecule has 0 bridgehead atoms. The molecule has 0 spiro atoms. The zero-order valence-corrected chi connectivity index (χ0v) is 9.20. The first-order valence-electron chi connectivity index (χ1n) is 4.94. The highest BCUT2D eigenvalue weighted by atomic mass is 15.1. The van der Waals surface area contributed by atoms with Crippen LogP contribution in [0.2, 0.25) is 0 Å². The van der Waals surface area contributed by atoms with Gasteiger partial charge in [-0.3, -0.25) is 0 Å². The second-order valence-electron chi connectivity index (χ2n) is 3.50. The standard InChI is InChI=1S/C12H17N3/c1-10(2)8-9-14-12(13)15-11-6-4-3-5-7-11/h3-8H,9H2,1-2H3,(H3,13,14,15). The molecule has 0 atom stereocenters. The maximum absolute atomic E-state index is 5.70. The molecule has 0 fully saturated rings. The number of nitrogens with one attached hydrogen (secondary N) is 1. The molecule has 1 rings (SSSR count). The van der Waals surface area contributed by atoms with Crippen LogP contribution in [-0.4, -0.2) is 12.5 Å². The summed E-state index contributed by atoms with van der Waals surface area (Å²) in [6.07, 6.45) is 2.03. The molecule has 3 nitrogen and oxygen atoms in total. The Morgan fingerprint density at radius 1 is 1.33 bits per heavy atom. The van der Waals surface area contributed by atoms with Crippen LogP contribution in [0, 0.1) is 0 Å². The minimum Gasteiger partial charge on any atom is -0.370 e. The molecular weight excluding hydrogens is 186 g/mol. The van der Waals surface area contributed by atoms with Gasteiger partial charge in [-0.15, -0.1) is 0 Å². The highest BCUT2D eigenvalue weighted by molar-refractivity contribution is 5.92. The molecule has 0 amide bonds. The zero-order valence-electron chi connectivity index (χ0n) is 9.20. The summed E-state index contributed by atoms with van der Waals surface area (Å²) in [7, 11) is 0. The van der Waals surface area contributed by atoms with Gasteiger partial charge in [0.1, 0.15) is 0 Å². The lowest BCUT2D eigenvalue weighted by Crippen LogP contribution is -2.22. The smallest absolute Gasteiger partial charge is 0.193 e. The molecule has 0 aliphatic heterocycles. The van der Waals surface area contributed by atoms with E-state index in [0.717, 1.165) is 5.69 Å². The van der Waals surface area contributed by atoms with Crippen molar-refractivity contribution in [3.63, 3.8) is 0 Å². The van der Waals surface area contributed by atoms with Gasteiger partial charge >= 0.3 is 0 Å². The number of guanidine groups is 1. The van der Waals surface area contributed by atoms with Gasteiger partial charge in [-0.05, 0) is 26.0 Å². The zero-order chi connectivity index (χ0) is 11.1. The van der Waals surface area contributed by atoms with Crippen molar-refractivity contribution in [1.82, 2.24) is 0 Å². The van der Waals surface area contributed by atoms with E-state index in [-0.39, 0.29) is 0 Å². The van der Waals surface area contributed by atoms with E-state index in [1.165, 1.54) is 5.57 Å². The number of hydrogen-bond donors (Lipinski definition) is 2. The first kappa shape index (κ1) is 11.3. The monoisotopic (exact) mass is 203 g/mol. The minimum absolute atomic E-state index is 0.443. The Labute approximate surface area is 90.7 Å². The fraction of sp³-hybridized carbons (Fsp3) is 0.250. The maximum Gasteiger partial charge on any atom is 0.193 e. The molecule has 80 valence electrons. The molecule has 1 aromatic carbocycles. The van der Waals surface area contributed by atoms with Crippen LogP contribution in [0.5, 0.6) is 0 Å². The number of rotatable bonds is 3. The van der Waals surface area contributed by atoms with Crippen LogP contribution in [0.15, 0.2) is 47.0 Å². The quantitative estimate of drug-likeness (QED) is 0.450. The molecule has 0 aliphatic carbocycles. The molecule has 0 heterocycles. The number of nitrogens with two attached hydrogens (primary N) is 1. The summed E-state index contributed by atoms with van der Waals surface area (Å²) in [5.41, 5.74) is 7.90. The summed E-state index contributed by atoms with van der Waals surface area (Å²) in [4.78, 5) is 4.17. The third-order valence-corrected chi connectivity index (χ3v) is 1.81. The third-order valence-electron chi connectivity index (χ3n) is 1.81. The average molecular weight is 203 g/mol. The Balaban J connectivity index is 2.49. The number of benzene rings is 1. The summed E-state index contributed by atoms with van der Waals surface area (Å²) in [5, 5.41) is 3.01. The van der Waals surface area contributed by atoms with Crippen molar-refractivity contribution < 1.29 is 0 Å². The summed E-state index contributed by atoms with van der Waals surface area (Å²) < 4.78 is 0. The number of nitrogens with zero attached hydrogens (tertiary/aromatic N) is 1. The molecule has 3 heteroatoms. The van der Waals surface area contributed by atoms with Gasteiger partial charge in [0.25, 0.3) is 0 Å². The van der Waals surface area contributed by atoms with Crippen LogP contribution < -0.4 is 11.1 Å². The fourth-order valence-electron chi connectivity index (χ4n) is 1.04. The normalized spacial score (nSPS) is 10.9. The molecule has 15 heavy (non-hydrogen) atoms. The largest absolute Gasteiger partial charge is 0.370 e. The molecule has 1 aromatic rings. The second-order valence-corrected chi connectivity index (χ2v) is 3.50. The first-order chi connectivity index (χ1) is 7.18. The van der Waals surface area contributed by atoms with Crippen LogP contribution in [0.4, 0.5) is 5.69 Å². The van der Waals surface area contributed by atoms with Crippen LogP contribution >= 0.6 is 0 Å². The van der Waals surface area contributed by atoms with Crippen molar-refractivity contribution in [2.75, 3.05) is 11.9 Å². The summed E-state index contributed by atoms with van der Waals surface area (Å²) in [5.74, 6) is 0.443. The topological polar surface area (TPSA) is 50.4 Å². The molecule has 0 radical (unpaired) electrons. The Hall–Kier alpha value is -1.77. The van der Waals surface area contributed by atoms with Crippen molar-refractivity contribution >= 4 is 11.6 Å². The second kappa shape index (κ2) is 5.86. The Morgan fingerprint density at radius 3 is 2.60 bits per heavy atom. The highest BCUT2D eigenvalue weighted by Crippen LogP contribution is 2.03. The highest BCUT2D eigenvalue weighted by Gasteiger charge is 1.91. The van der Waals surface area contributed by atoms with Crippen molar-refractivity contribution in [3.8, 4) is 0 Å². The Morgan fingerprint density at radius 2 is 2.00 bits per heavy atom. The van der Waals surface area contributed by atoms with E-state index in [2.05, 4.69) is 10.3 Å². The number of aliphatic imine (C=N–C) groups is 1. The number of anilines is 1. The number of hydrogen-bond acceptors (Lipinski definition) is 1. The van der Waals surface area contributed by atoms with Gasteiger partial charge in [-0.25, -0.2) is 4.99 Å². The van der Waals surface area contributed by atoms with Crippen LogP contribution in [0.3, 0.4) is 0 Å². The SMILES string of the molecule is CC(C)=CCN=C(N)Nc1ccccc1. The van der Waals surface area contributed by atoms with E-state index in [9.17, 15) is 0 Å². The number of allylic oxidation sites excluding steroid dienone is 1. The molecule has 0 aliphatic rings. The Kier molecular flexibility index (Phi) is 4.41. The summed E-state index contributed by atoms with van der Waals surface area (Å²) >= 11 is 0. The van der Waals surface area contributed by atoms with Gasteiger partial charge in [0.15, 0.2) is 5.96 Å². The molecule has 0 aromatic heterocycles. The lowest BCUT2D eigenvalue weighted by Gasteiger charge is -2.03. The van der Waals surface area contributed by atoms with Crippen molar-refractivity contribution in [2.24, 2.45) is 10.7 Å². The van der Waals surface area contributed by atoms with E-state index in [1.807, 2.05) is 50.3 Å². The van der Waals surface area contributed by atoms with Crippen molar-refractivity contribution in [3.05, 3.63) is 42.0 Å². The van der Waals surface area contributed by atoms with Crippen molar-refractivity contribution in [2.45, 2.75) is 13.8 Å². The number of para-hydroxylation sites is 1. The maximum atomic E-state index is 5.70. The van der Waals surface area contributed by atoms with Crippen LogP contribution in [0.1, 0.15) is 13.8 Å². The van der Waals surface area contributed by atoms with Gasteiger partial charge < -0.3 is 11.1 Å². The summed E-state index contributed by atoms with van der Waals surface area (Å²) in [6, 6.07) is 9.76. The first-order valence-corrected chi connectivity index (χ1v) is 4.94.